The molecule has 0 saturated heterocycles. The van der Waals surface area contributed by atoms with E-state index < -0.39 is 7.32 Å². The van der Waals surface area contributed by atoms with Gasteiger partial charge in [0.1, 0.15) is 0 Å². The van der Waals surface area contributed by atoms with Crippen molar-refractivity contribution < 1.29 is 45.7 Å². The lowest BCUT2D eigenvalue weighted by molar-refractivity contribution is 0.159. The van der Waals surface area contributed by atoms with Crippen molar-refractivity contribution in [3.05, 3.63) is 0 Å². The number of likely N-dealkylation sites (N-methyl/N-ethyl adjacent to an activating group) is 3. The molecule has 0 aliphatic carbocycles. The van der Waals surface area contributed by atoms with E-state index in [1.807, 2.05) is 0 Å². The molecule has 0 spiro atoms. The first-order valence-electron chi connectivity index (χ1n) is 31.1. The Kier molecular flexibility index (Phi) is 75.4. The van der Waals surface area contributed by atoms with Gasteiger partial charge < -0.3 is 60.4 Å². The molecule has 3 unspecified atom stereocenters. The summed E-state index contributed by atoms with van der Waals surface area (Å²) in [5.74, 6) is 0. The minimum Gasteiger partial charge on any atom is -0.402 e. The summed E-state index contributed by atoms with van der Waals surface area (Å²) in [4.78, 5) is 6.39. The average molecular weight is 1050 g/mol. The second-order valence-electron chi connectivity index (χ2n) is 22.1. The fraction of sp³-hybridized carbons (Fsp3) is 1.00. The van der Waals surface area contributed by atoms with Crippen LogP contribution in [0, 0.1) is 0 Å². The topological polar surface area (TPSA) is 192 Å². The van der Waals surface area contributed by atoms with E-state index in [-0.39, 0.29) is 19.8 Å². The third kappa shape index (κ3) is 73.7. The van der Waals surface area contributed by atoms with E-state index in [4.69, 9.17) is 30.4 Å². The van der Waals surface area contributed by atoms with Crippen molar-refractivity contribution in [3.8, 4) is 0 Å². The molecule has 0 amide bonds. The quantitative estimate of drug-likeness (QED) is 0.0207. The van der Waals surface area contributed by atoms with Crippen molar-refractivity contribution in [2.75, 3.05) is 81.9 Å². The zero-order chi connectivity index (χ0) is 55.1. The van der Waals surface area contributed by atoms with Crippen LogP contribution in [0.2, 0.25) is 0 Å². The van der Waals surface area contributed by atoms with Gasteiger partial charge in [-0.25, -0.2) is 0 Å². The molecule has 12 nitrogen and oxygen atoms in total. The number of unbranched alkanes of at least 4 members (excludes halogenated alkanes) is 39. The van der Waals surface area contributed by atoms with Crippen LogP contribution in [0.3, 0.4) is 0 Å². The largest absolute Gasteiger partial charge is 0.631 e. The van der Waals surface area contributed by atoms with E-state index >= 15 is 0 Å². The summed E-state index contributed by atoms with van der Waals surface area (Å²) in [5, 5.41) is 75.4. The summed E-state index contributed by atoms with van der Waals surface area (Å²) in [6.07, 6.45) is 58.9. The van der Waals surface area contributed by atoms with E-state index in [1.54, 1.807) is 0 Å². The van der Waals surface area contributed by atoms with E-state index in [9.17, 15) is 15.3 Å². The van der Waals surface area contributed by atoms with Crippen molar-refractivity contribution in [2.45, 2.75) is 307 Å². The molecule has 0 rings (SSSR count). The fourth-order valence-electron chi connectivity index (χ4n) is 9.38. The van der Waals surface area contributed by atoms with Crippen LogP contribution in [-0.4, -0.2) is 168 Å². The third-order valence-electron chi connectivity index (χ3n) is 14.7. The summed E-state index contributed by atoms with van der Waals surface area (Å²) < 4.78 is 0. The van der Waals surface area contributed by atoms with Crippen molar-refractivity contribution in [3.63, 3.8) is 0 Å². The Morgan fingerprint density at radius 2 is 0.329 bits per heavy atom. The standard InChI is InChI=1S/3C20H43NO2.BH3O3/c3*1-21(2)20(19-23)17-15-13-11-9-7-5-3-4-6-8-10-12-14-16-18-22;2-1(3)4/h3*20,22-23H,3-19H2,1-2H3;2-4H. The predicted octanol–water partition coefficient (Wildman–Crippen LogP) is 12.2. The van der Waals surface area contributed by atoms with Gasteiger partial charge in [-0.1, -0.05) is 250 Å². The molecular formula is C60H132BN3O9. The average Bonchev–Trinajstić information content (AvgIpc) is 3.36. The zero-order valence-electron chi connectivity index (χ0n) is 49.7. The highest BCUT2D eigenvalue weighted by atomic mass is 16.5. The van der Waals surface area contributed by atoms with Crippen LogP contribution in [0.4, 0.5) is 0 Å². The summed E-state index contributed by atoms with van der Waals surface area (Å²) in [5.41, 5.74) is 0. The van der Waals surface area contributed by atoms with Crippen LogP contribution < -0.4 is 0 Å². The molecule has 0 aromatic carbocycles. The van der Waals surface area contributed by atoms with Gasteiger partial charge >= 0.3 is 7.32 Å². The highest BCUT2D eigenvalue weighted by Crippen LogP contribution is 2.18. The molecule has 73 heavy (non-hydrogen) atoms. The molecule has 0 heterocycles. The lowest BCUT2D eigenvalue weighted by atomic mass is 10.0. The molecule has 13 heteroatoms. The highest BCUT2D eigenvalue weighted by Gasteiger charge is 2.11. The molecule has 0 aliphatic rings. The molecule has 0 radical (unpaired) electrons. The van der Waals surface area contributed by atoms with Crippen molar-refractivity contribution in [1.29, 1.82) is 0 Å². The number of aliphatic hydroxyl groups excluding tert-OH is 6. The Bertz CT molecular complexity index is 833. The Labute approximate surface area is 455 Å². The van der Waals surface area contributed by atoms with E-state index in [0.29, 0.717) is 37.9 Å². The van der Waals surface area contributed by atoms with Crippen LogP contribution in [-0.2, 0) is 0 Å². The van der Waals surface area contributed by atoms with Crippen molar-refractivity contribution in [1.82, 2.24) is 14.7 Å². The van der Waals surface area contributed by atoms with Crippen molar-refractivity contribution in [2.24, 2.45) is 0 Å². The van der Waals surface area contributed by atoms with Gasteiger partial charge in [0.15, 0.2) is 0 Å². The predicted molar refractivity (Wildman–Crippen MR) is 315 cm³/mol. The fourth-order valence-corrected chi connectivity index (χ4v) is 9.38. The first-order valence-corrected chi connectivity index (χ1v) is 31.1. The first kappa shape index (κ1) is 79.1. The second kappa shape index (κ2) is 69.6. The van der Waals surface area contributed by atoms with E-state index in [1.165, 1.54) is 250 Å². The van der Waals surface area contributed by atoms with Gasteiger partial charge in [-0.15, -0.1) is 0 Å². The van der Waals surface area contributed by atoms with Gasteiger partial charge in [-0.05, 0) is 80.8 Å². The van der Waals surface area contributed by atoms with Crippen LogP contribution in [0.25, 0.3) is 0 Å². The Hall–Kier alpha value is -0.415. The smallest absolute Gasteiger partial charge is 0.402 e. The normalized spacial score (nSPS) is 12.6. The number of nitrogens with zero attached hydrogens (tertiary/aromatic N) is 3. The SMILES string of the molecule is CN(C)C(CO)CCCCCCCCCCCCCCCCO.CN(C)C(CO)CCCCCCCCCCCCCCCCO.CN(C)C(CO)CCCCCCCCCCCCCCCCO.OB(O)O. The molecular weight excluding hydrogens is 917 g/mol. The van der Waals surface area contributed by atoms with Gasteiger partial charge in [0.25, 0.3) is 0 Å². The van der Waals surface area contributed by atoms with Crippen molar-refractivity contribution >= 4 is 7.32 Å². The van der Waals surface area contributed by atoms with Crippen LogP contribution >= 0.6 is 0 Å². The molecule has 0 aliphatic heterocycles. The summed E-state index contributed by atoms with van der Waals surface area (Å²) in [7, 11) is 10.1. The molecule has 0 fully saturated rings. The van der Waals surface area contributed by atoms with Crippen LogP contribution in [0.1, 0.15) is 289 Å². The lowest BCUT2D eigenvalue weighted by Gasteiger charge is -2.21. The second-order valence-corrected chi connectivity index (χ2v) is 22.1. The highest BCUT2D eigenvalue weighted by molar-refractivity contribution is 6.30. The number of hydrogen-bond donors (Lipinski definition) is 9. The zero-order valence-corrected chi connectivity index (χ0v) is 49.7. The molecule has 0 aromatic heterocycles. The molecule has 0 aromatic rings. The Balaban J connectivity index is -0.000000470. The number of aliphatic hydroxyl groups is 6. The lowest BCUT2D eigenvalue weighted by Crippen LogP contribution is -2.31. The molecule has 444 valence electrons. The van der Waals surface area contributed by atoms with Crippen LogP contribution in [0.15, 0.2) is 0 Å². The molecule has 3 atom stereocenters. The Morgan fingerprint density at radius 3 is 0.425 bits per heavy atom. The maximum Gasteiger partial charge on any atom is 0.631 e. The van der Waals surface area contributed by atoms with Crippen LogP contribution in [0.5, 0.6) is 0 Å². The first-order chi connectivity index (χ1) is 35.4. The summed E-state index contributed by atoms with van der Waals surface area (Å²) in [6, 6.07) is 1.04. The minimum absolute atomic E-state index is 0.286. The summed E-state index contributed by atoms with van der Waals surface area (Å²) >= 11 is 0. The number of hydrogen-bond acceptors (Lipinski definition) is 12. The molecule has 9 N–H and O–H groups in total. The van der Waals surface area contributed by atoms with Gasteiger partial charge in [-0.2, -0.15) is 0 Å². The van der Waals surface area contributed by atoms with Gasteiger partial charge in [0, 0.05) is 37.9 Å². The molecule has 0 bridgehead atoms. The third-order valence-corrected chi connectivity index (χ3v) is 14.7. The Morgan fingerprint density at radius 1 is 0.219 bits per heavy atom. The van der Waals surface area contributed by atoms with E-state index in [0.717, 1.165) is 38.5 Å². The number of rotatable bonds is 54. The maximum atomic E-state index is 9.26. The van der Waals surface area contributed by atoms with Gasteiger partial charge in [0.05, 0.1) is 19.8 Å². The molecule has 0 saturated carbocycles. The van der Waals surface area contributed by atoms with Gasteiger partial charge in [-0.3, -0.25) is 0 Å². The van der Waals surface area contributed by atoms with Gasteiger partial charge in [0.2, 0.25) is 0 Å². The summed E-state index contributed by atoms with van der Waals surface area (Å²) in [6.45, 7) is 1.93. The maximum absolute atomic E-state index is 9.26. The monoisotopic (exact) mass is 1050 g/mol. The minimum atomic E-state index is -2.17. The van der Waals surface area contributed by atoms with E-state index in [2.05, 4.69) is 57.0 Å².